The van der Waals surface area contributed by atoms with Crippen LogP contribution < -0.4 is 10.9 Å². The van der Waals surface area contributed by atoms with Crippen LogP contribution in [0.1, 0.15) is 0 Å². The van der Waals surface area contributed by atoms with Crippen LogP contribution in [0.2, 0.25) is 0 Å². The van der Waals surface area contributed by atoms with Crippen molar-refractivity contribution in [1.82, 2.24) is 0 Å². The third kappa shape index (κ3) is 1.75. The second-order valence-electron chi connectivity index (χ2n) is 7.98. The molecule has 2 heteroatoms. The zero-order valence-electron chi connectivity index (χ0n) is 15.9. The normalized spacial score (nSPS) is 12.3. The van der Waals surface area contributed by atoms with Crippen molar-refractivity contribution < 1.29 is 0 Å². The minimum atomic E-state index is 0.0627. The van der Waals surface area contributed by atoms with Gasteiger partial charge in [0.1, 0.15) is 0 Å². The summed E-state index contributed by atoms with van der Waals surface area (Å²) < 4.78 is 0. The zero-order chi connectivity index (χ0) is 20.0. The molecule has 0 aromatic heterocycles. The molecule has 2 nitrogen and oxygen atoms in total. The van der Waals surface area contributed by atoms with Gasteiger partial charge in [0, 0.05) is 26.9 Å². The van der Waals surface area contributed by atoms with Crippen LogP contribution >= 0.6 is 0 Å². The molecule has 0 radical (unpaired) electrons. The first-order chi connectivity index (χ1) is 14.7. The van der Waals surface area contributed by atoms with E-state index >= 15 is 0 Å². The number of benzene rings is 5. The van der Waals surface area contributed by atoms with Crippen molar-refractivity contribution in [2.45, 2.75) is 0 Å². The molecule has 0 unspecified atom stereocenters. The van der Waals surface area contributed by atoms with E-state index in [0.29, 0.717) is 0 Å². The fourth-order valence-electron chi connectivity index (χ4n) is 5.26. The molecule has 0 saturated heterocycles. The van der Waals surface area contributed by atoms with Crippen molar-refractivity contribution in [3.8, 4) is 0 Å². The van der Waals surface area contributed by atoms with Gasteiger partial charge in [0.15, 0.2) is 10.9 Å². The molecule has 0 spiro atoms. The minimum absolute atomic E-state index is 0.0627. The van der Waals surface area contributed by atoms with E-state index in [1.54, 1.807) is 0 Å². The molecule has 7 rings (SSSR count). The second-order valence-corrected chi connectivity index (χ2v) is 7.98. The summed E-state index contributed by atoms with van der Waals surface area (Å²) >= 11 is 0. The summed E-state index contributed by atoms with van der Waals surface area (Å²) in [4.78, 5) is 26.6. The molecular weight excluding hydrogens is 368 g/mol. The molecule has 0 aliphatic rings. The van der Waals surface area contributed by atoms with Crippen molar-refractivity contribution in [3.63, 3.8) is 0 Å². The predicted molar refractivity (Wildman–Crippen MR) is 126 cm³/mol. The lowest BCUT2D eigenvalue weighted by Gasteiger charge is -2.07. The Balaban J connectivity index is 1.81. The summed E-state index contributed by atoms with van der Waals surface area (Å²) in [6, 6.07) is 27.8. The largest absolute Gasteiger partial charge is 0.289 e. The van der Waals surface area contributed by atoms with Gasteiger partial charge in [-0.2, -0.15) is 0 Å². The first-order valence-corrected chi connectivity index (χ1v) is 10.0. The lowest BCUT2D eigenvalue weighted by Crippen LogP contribution is -1.97. The van der Waals surface area contributed by atoms with Gasteiger partial charge in [-0.15, -0.1) is 0 Å². The van der Waals surface area contributed by atoms with Crippen LogP contribution in [-0.2, 0) is 0 Å². The van der Waals surface area contributed by atoms with E-state index in [9.17, 15) is 9.59 Å². The van der Waals surface area contributed by atoms with Crippen molar-refractivity contribution >= 4 is 64.6 Å². The molecule has 0 bridgehead atoms. The van der Waals surface area contributed by atoms with Gasteiger partial charge in [0.2, 0.25) is 0 Å². The molecular formula is C28H14O2. The molecule has 0 aliphatic heterocycles. The monoisotopic (exact) mass is 382 g/mol. The highest BCUT2D eigenvalue weighted by Gasteiger charge is 2.17. The molecule has 30 heavy (non-hydrogen) atoms. The third-order valence-corrected chi connectivity index (χ3v) is 6.56. The second kappa shape index (κ2) is 5.31. The van der Waals surface area contributed by atoms with Crippen LogP contribution in [-0.4, -0.2) is 0 Å². The molecule has 138 valence electrons. The molecule has 0 N–H and O–H groups in total. The standard InChI is InChI=1S/C28H14O2/c29-27-22-7-3-1-5-16(22)18-13-14-20-21(25(18)27)12-10-15-9-11-19-17-6-2-4-8-23(17)28(30)26(19)24(15)20/h1-14H. The Morgan fingerprint density at radius 2 is 0.733 bits per heavy atom. The Hall–Kier alpha value is -4.04. The number of hydrogen-bond donors (Lipinski definition) is 0. The van der Waals surface area contributed by atoms with E-state index in [2.05, 4.69) is 12.1 Å². The van der Waals surface area contributed by atoms with E-state index < -0.39 is 0 Å². The predicted octanol–water partition coefficient (Wildman–Crippen LogP) is 6.20. The SMILES string of the molecule is O=c1c2ccccc2c2ccc3c(ccc4ccc5c6ccccc6c(=O)c5c43)c12. The van der Waals surface area contributed by atoms with Crippen molar-refractivity contribution in [1.29, 1.82) is 0 Å². The van der Waals surface area contributed by atoms with Crippen LogP contribution in [0.15, 0.2) is 94.5 Å². The van der Waals surface area contributed by atoms with E-state index in [1.165, 1.54) is 0 Å². The maximum atomic E-state index is 13.4. The summed E-state index contributed by atoms with van der Waals surface area (Å²) in [5.41, 5.74) is 0.126. The number of fused-ring (bicyclic) bond motifs is 11. The van der Waals surface area contributed by atoms with Crippen LogP contribution in [0.4, 0.5) is 0 Å². The third-order valence-electron chi connectivity index (χ3n) is 6.56. The summed E-state index contributed by atoms with van der Waals surface area (Å²) in [6.07, 6.45) is 0. The summed E-state index contributed by atoms with van der Waals surface area (Å²) in [5.74, 6) is 0. The molecule has 7 aromatic carbocycles. The zero-order valence-corrected chi connectivity index (χ0v) is 15.9. The van der Waals surface area contributed by atoms with Gasteiger partial charge >= 0.3 is 0 Å². The van der Waals surface area contributed by atoms with Crippen molar-refractivity contribution in [2.24, 2.45) is 0 Å². The molecule has 7 aromatic rings. The van der Waals surface area contributed by atoms with Gasteiger partial charge in [0.25, 0.3) is 0 Å². The highest BCUT2D eigenvalue weighted by Crippen LogP contribution is 2.38. The van der Waals surface area contributed by atoms with E-state index in [1.807, 2.05) is 72.8 Å². The highest BCUT2D eigenvalue weighted by atomic mass is 16.1. The summed E-state index contributed by atoms with van der Waals surface area (Å²) in [6.45, 7) is 0. The highest BCUT2D eigenvalue weighted by molar-refractivity contribution is 6.31. The van der Waals surface area contributed by atoms with Crippen LogP contribution in [0, 0.1) is 0 Å². The van der Waals surface area contributed by atoms with Crippen LogP contribution in [0.5, 0.6) is 0 Å². The van der Waals surface area contributed by atoms with Gasteiger partial charge < -0.3 is 0 Å². The Morgan fingerprint density at radius 3 is 1.33 bits per heavy atom. The van der Waals surface area contributed by atoms with Crippen LogP contribution in [0.3, 0.4) is 0 Å². The van der Waals surface area contributed by atoms with Crippen LogP contribution in [0.25, 0.3) is 64.6 Å². The Bertz CT molecular complexity index is 1930. The molecule has 0 amide bonds. The maximum Gasteiger partial charge on any atom is 0.194 e. The fraction of sp³-hybridized carbons (Fsp3) is 0. The first-order valence-electron chi connectivity index (χ1n) is 10.0. The topological polar surface area (TPSA) is 34.1 Å². The lowest BCUT2D eigenvalue weighted by atomic mass is 9.95. The number of hydrogen-bond acceptors (Lipinski definition) is 2. The molecule has 0 atom stereocenters. The Morgan fingerprint density at radius 1 is 0.333 bits per heavy atom. The first kappa shape index (κ1) is 15.8. The quantitative estimate of drug-likeness (QED) is 0.293. The number of rotatable bonds is 0. The Labute approximate surface area is 170 Å². The van der Waals surface area contributed by atoms with Gasteiger partial charge in [0.05, 0.1) is 0 Å². The lowest BCUT2D eigenvalue weighted by molar-refractivity contribution is 1.80. The minimum Gasteiger partial charge on any atom is -0.289 e. The van der Waals surface area contributed by atoms with Gasteiger partial charge in [-0.3, -0.25) is 9.59 Å². The molecule has 0 fully saturated rings. The summed E-state index contributed by atoms with van der Waals surface area (Å²) in [7, 11) is 0. The van der Waals surface area contributed by atoms with Crippen molar-refractivity contribution in [3.05, 3.63) is 105 Å². The van der Waals surface area contributed by atoms with E-state index in [-0.39, 0.29) is 10.9 Å². The summed E-state index contributed by atoms with van der Waals surface area (Å²) in [5, 5.41) is 10.8. The fourth-order valence-corrected chi connectivity index (χ4v) is 5.26. The molecule has 0 aliphatic carbocycles. The van der Waals surface area contributed by atoms with Gasteiger partial charge in [-0.25, -0.2) is 0 Å². The Kier molecular flexibility index (Phi) is 2.80. The van der Waals surface area contributed by atoms with E-state index in [0.717, 1.165) is 64.6 Å². The van der Waals surface area contributed by atoms with Gasteiger partial charge in [-0.1, -0.05) is 84.9 Å². The molecule has 0 heterocycles. The smallest absolute Gasteiger partial charge is 0.194 e. The van der Waals surface area contributed by atoms with E-state index in [4.69, 9.17) is 0 Å². The maximum absolute atomic E-state index is 13.4. The van der Waals surface area contributed by atoms with Gasteiger partial charge in [-0.05, 0) is 37.7 Å². The average Bonchev–Trinajstić information content (AvgIpc) is 3.26. The average molecular weight is 382 g/mol. The van der Waals surface area contributed by atoms with Crippen molar-refractivity contribution in [2.75, 3.05) is 0 Å². The molecule has 0 saturated carbocycles.